The maximum atomic E-state index is 9.95. The van der Waals surface area contributed by atoms with Crippen molar-refractivity contribution in [3.05, 3.63) is 59.7 Å². The summed E-state index contributed by atoms with van der Waals surface area (Å²) in [7, 11) is 1.55. The number of ether oxygens (including phenoxy) is 2. The van der Waals surface area contributed by atoms with Crippen LogP contribution in [0.25, 0.3) is 0 Å². The van der Waals surface area contributed by atoms with Gasteiger partial charge in [0.15, 0.2) is 6.29 Å². The Balaban J connectivity index is 2.00. The molecule has 1 unspecified atom stereocenters. The van der Waals surface area contributed by atoms with E-state index in [4.69, 9.17) is 15.2 Å². The molecule has 3 N–H and O–H groups in total. The smallest absolute Gasteiger partial charge is 0.181 e. The zero-order chi connectivity index (χ0) is 13.7. The SMILES string of the molecule is COc1ccc(C(O)OCc2ccccc2)cc1N. The second kappa shape index (κ2) is 6.22. The van der Waals surface area contributed by atoms with Gasteiger partial charge in [0.25, 0.3) is 0 Å². The number of aliphatic hydroxyl groups is 1. The second-order valence-corrected chi connectivity index (χ2v) is 4.15. The van der Waals surface area contributed by atoms with Crippen molar-refractivity contribution in [3.63, 3.8) is 0 Å². The van der Waals surface area contributed by atoms with Crippen LogP contribution in [0.1, 0.15) is 17.4 Å². The monoisotopic (exact) mass is 259 g/mol. The molecule has 0 spiro atoms. The van der Waals surface area contributed by atoms with E-state index in [1.807, 2.05) is 30.3 Å². The molecule has 0 aliphatic rings. The summed E-state index contributed by atoms with van der Waals surface area (Å²) in [6.07, 6.45) is -1.01. The van der Waals surface area contributed by atoms with E-state index >= 15 is 0 Å². The van der Waals surface area contributed by atoms with Crippen LogP contribution in [0.15, 0.2) is 48.5 Å². The molecule has 2 aromatic rings. The molecule has 0 fully saturated rings. The van der Waals surface area contributed by atoms with Crippen molar-refractivity contribution >= 4 is 5.69 Å². The molecule has 4 nitrogen and oxygen atoms in total. The van der Waals surface area contributed by atoms with E-state index in [2.05, 4.69) is 0 Å². The molecule has 0 radical (unpaired) electrons. The first-order chi connectivity index (χ1) is 9.20. The van der Waals surface area contributed by atoms with Gasteiger partial charge in [-0.2, -0.15) is 0 Å². The van der Waals surface area contributed by atoms with Crippen LogP contribution in [0.3, 0.4) is 0 Å². The molecule has 0 amide bonds. The lowest BCUT2D eigenvalue weighted by atomic mass is 10.2. The molecule has 2 rings (SSSR count). The van der Waals surface area contributed by atoms with Crippen molar-refractivity contribution in [2.45, 2.75) is 12.9 Å². The summed E-state index contributed by atoms with van der Waals surface area (Å²) in [5, 5.41) is 9.95. The normalized spacial score (nSPS) is 12.1. The van der Waals surface area contributed by atoms with Crippen molar-refractivity contribution in [1.29, 1.82) is 0 Å². The van der Waals surface area contributed by atoms with Crippen molar-refractivity contribution in [1.82, 2.24) is 0 Å². The van der Waals surface area contributed by atoms with Crippen molar-refractivity contribution in [2.24, 2.45) is 0 Å². The fourth-order valence-electron chi connectivity index (χ4n) is 1.75. The summed E-state index contributed by atoms with van der Waals surface area (Å²) in [4.78, 5) is 0. The molecule has 100 valence electrons. The van der Waals surface area contributed by atoms with Gasteiger partial charge in [-0.1, -0.05) is 36.4 Å². The molecule has 0 heterocycles. The summed E-state index contributed by atoms with van der Waals surface area (Å²) < 4.78 is 10.5. The number of methoxy groups -OCH3 is 1. The number of aliphatic hydroxyl groups excluding tert-OH is 1. The maximum Gasteiger partial charge on any atom is 0.181 e. The molecule has 19 heavy (non-hydrogen) atoms. The molecule has 0 aliphatic carbocycles. The van der Waals surface area contributed by atoms with Crippen LogP contribution >= 0.6 is 0 Å². The lowest BCUT2D eigenvalue weighted by molar-refractivity contribution is -0.111. The van der Waals surface area contributed by atoms with E-state index < -0.39 is 6.29 Å². The van der Waals surface area contributed by atoms with Crippen LogP contribution in [0.5, 0.6) is 5.75 Å². The van der Waals surface area contributed by atoms with Gasteiger partial charge in [-0.15, -0.1) is 0 Å². The van der Waals surface area contributed by atoms with Crippen LogP contribution < -0.4 is 10.5 Å². The highest BCUT2D eigenvalue weighted by Crippen LogP contribution is 2.26. The number of hydrogen-bond acceptors (Lipinski definition) is 4. The van der Waals surface area contributed by atoms with Gasteiger partial charge in [-0.25, -0.2) is 0 Å². The van der Waals surface area contributed by atoms with Crippen molar-refractivity contribution in [2.75, 3.05) is 12.8 Å². The third-order valence-corrected chi connectivity index (χ3v) is 2.79. The lowest BCUT2D eigenvalue weighted by Crippen LogP contribution is -2.04. The average Bonchev–Trinajstić information content (AvgIpc) is 2.45. The Kier molecular flexibility index (Phi) is 4.39. The number of rotatable bonds is 5. The molecular weight excluding hydrogens is 242 g/mol. The van der Waals surface area contributed by atoms with Gasteiger partial charge in [0.2, 0.25) is 0 Å². The fourth-order valence-corrected chi connectivity index (χ4v) is 1.75. The Bertz CT molecular complexity index is 528. The third kappa shape index (κ3) is 3.47. The van der Waals surface area contributed by atoms with Gasteiger partial charge >= 0.3 is 0 Å². The Labute approximate surface area is 112 Å². The summed E-state index contributed by atoms with van der Waals surface area (Å²) in [6.45, 7) is 0.341. The highest BCUT2D eigenvalue weighted by molar-refractivity contribution is 5.54. The Morgan fingerprint density at radius 1 is 1.16 bits per heavy atom. The maximum absolute atomic E-state index is 9.95. The highest BCUT2D eigenvalue weighted by Gasteiger charge is 2.10. The number of hydrogen-bond donors (Lipinski definition) is 2. The van der Waals surface area contributed by atoms with Crippen LogP contribution in [0.2, 0.25) is 0 Å². The number of nitrogen functional groups attached to an aromatic ring is 1. The van der Waals surface area contributed by atoms with Crippen LogP contribution in [-0.4, -0.2) is 12.2 Å². The Morgan fingerprint density at radius 3 is 2.53 bits per heavy atom. The minimum atomic E-state index is -1.01. The number of anilines is 1. The van der Waals surface area contributed by atoms with Gasteiger partial charge in [-0.05, 0) is 17.7 Å². The molecular formula is C15H17NO3. The van der Waals surface area contributed by atoms with Gasteiger partial charge in [0, 0.05) is 5.56 Å². The first kappa shape index (κ1) is 13.4. The lowest BCUT2D eigenvalue weighted by Gasteiger charge is -2.14. The van der Waals surface area contributed by atoms with Gasteiger partial charge in [-0.3, -0.25) is 0 Å². The van der Waals surface area contributed by atoms with Crippen molar-refractivity contribution in [3.8, 4) is 5.75 Å². The topological polar surface area (TPSA) is 64.7 Å². The first-order valence-corrected chi connectivity index (χ1v) is 5.97. The van der Waals surface area contributed by atoms with E-state index in [9.17, 15) is 5.11 Å². The van der Waals surface area contributed by atoms with E-state index in [0.717, 1.165) is 5.56 Å². The minimum Gasteiger partial charge on any atom is -0.495 e. The van der Waals surface area contributed by atoms with E-state index in [-0.39, 0.29) is 0 Å². The molecule has 4 heteroatoms. The Hall–Kier alpha value is -2.04. The molecule has 0 bridgehead atoms. The van der Waals surface area contributed by atoms with Gasteiger partial charge in [0.05, 0.1) is 19.4 Å². The van der Waals surface area contributed by atoms with E-state index in [0.29, 0.717) is 23.6 Å². The summed E-state index contributed by atoms with van der Waals surface area (Å²) in [6, 6.07) is 14.8. The summed E-state index contributed by atoms with van der Waals surface area (Å²) >= 11 is 0. The predicted octanol–water partition coefficient (Wildman–Crippen LogP) is 2.49. The van der Waals surface area contributed by atoms with Crippen molar-refractivity contribution < 1.29 is 14.6 Å². The van der Waals surface area contributed by atoms with E-state index in [1.54, 1.807) is 25.3 Å². The molecule has 2 aromatic carbocycles. The first-order valence-electron chi connectivity index (χ1n) is 5.97. The number of benzene rings is 2. The van der Waals surface area contributed by atoms with Gasteiger partial charge in [0.1, 0.15) is 5.75 Å². The standard InChI is InChI=1S/C15H17NO3/c1-18-14-8-7-12(9-13(14)16)15(17)19-10-11-5-3-2-4-6-11/h2-9,15,17H,10,16H2,1H3. The number of nitrogens with two attached hydrogens (primary N) is 1. The molecule has 0 saturated heterocycles. The summed E-state index contributed by atoms with van der Waals surface area (Å²) in [5.74, 6) is 0.582. The van der Waals surface area contributed by atoms with Crippen LogP contribution in [0.4, 0.5) is 5.69 Å². The van der Waals surface area contributed by atoms with Gasteiger partial charge < -0.3 is 20.3 Å². The zero-order valence-corrected chi connectivity index (χ0v) is 10.7. The average molecular weight is 259 g/mol. The molecule has 1 atom stereocenters. The predicted molar refractivity (Wildman–Crippen MR) is 73.6 cm³/mol. The molecule has 0 aromatic heterocycles. The largest absolute Gasteiger partial charge is 0.495 e. The summed E-state index contributed by atoms with van der Waals surface area (Å²) in [5.41, 5.74) is 7.87. The second-order valence-electron chi connectivity index (χ2n) is 4.15. The Morgan fingerprint density at radius 2 is 1.89 bits per heavy atom. The van der Waals surface area contributed by atoms with Crippen LogP contribution in [-0.2, 0) is 11.3 Å². The molecule has 0 aliphatic heterocycles. The minimum absolute atomic E-state index is 0.341. The fraction of sp³-hybridized carbons (Fsp3) is 0.200. The van der Waals surface area contributed by atoms with E-state index in [1.165, 1.54) is 0 Å². The highest BCUT2D eigenvalue weighted by atomic mass is 16.6. The third-order valence-electron chi connectivity index (χ3n) is 2.79. The molecule has 0 saturated carbocycles. The quantitative estimate of drug-likeness (QED) is 0.639. The zero-order valence-electron chi connectivity index (χ0n) is 10.7. The van der Waals surface area contributed by atoms with Crippen LogP contribution in [0, 0.1) is 0 Å².